The van der Waals surface area contributed by atoms with Crippen molar-refractivity contribution in [3.05, 3.63) is 64.4 Å². The molecule has 0 fully saturated rings. The first kappa shape index (κ1) is 17.2. The van der Waals surface area contributed by atoms with Gasteiger partial charge in [0.1, 0.15) is 0 Å². The summed E-state index contributed by atoms with van der Waals surface area (Å²) < 4.78 is 0. The summed E-state index contributed by atoms with van der Waals surface area (Å²) in [6.45, 7) is 3.91. The number of rotatable bonds is 5. The van der Waals surface area contributed by atoms with Crippen LogP contribution >= 0.6 is 11.8 Å². The Labute approximate surface area is 149 Å². The largest absolute Gasteiger partial charge is 0.325 e. The van der Waals surface area contributed by atoms with Gasteiger partial charge in [0.2, 0.25) is 5.91 Å². The maximum Gasteiger partial charge on any atom is 0.259 e. The average molecular weight is 353 g/mol. The highest BCUT2D eigenvalue weighted by Gasteiger charge is 2.20. The molecule has 0 aliphatic heterocycles. The normalized spacial score (nSPS) is 12.1. The van der Waals surface area contributed by atoms with Crippen molar-refractivity contribution in [1.29, 1.82) is 0 Å². The fraction of sp³-hybridized carbons (Fsp3) is 0.211. The van der Waals surface area contributed by atoms with E-state index in [1.807, 2.05) is 44.2 Å². The highest BCUT2D eigenvalue weighted by molar-refractivity contribution is 8.00. The smallest absolute Gasteiger partial charge is 0.259 e. The van der Waals surface area contributed by atoms with Gasteiger partial charge in [-0.2, -0.15) is 0 Å². The first-order valence-corrected chi connectivity index (χ1v) is 8.98. The third-order valence-electron chi connectivity index (χ3n) is 3.79. The molecule has 1 atom stereocenters. The molecule has 0 aliphatic rings. The van der Waals surface area contributed by atoms with E-state index in [0.29, 0.717) is 22.5 Å². The van der Waals surface area contributed by atoms with Gasteiger partial charge in [-0.15, -0.1) is 0 Å². The summed E-state index contributed by atoms with van der Waals surface area (Å²) in [7, 11) is 0. The average Bonchev–Trinajstić information content (AvgIpc) is 2.59. The van der Waals surface area contributed by atoms with Gasteiger partial charge in [-0.25, -0.2) is 4.98 Å². The van der Waals surface area contributed by atoms with Crippen LogP contribution in [-0.2, 0) is 4.79 Å². The van der Waals surface area contributed by atoms with Gasteiger partial charge in [-0.1, -0.05) is 43.0 Å². The minimum Gasteiger partial charge on any atom is -0.325 e. The molecule has 5 nitrogen and oxygen atoms in total. The van der Waals surface area contributed by atoms with Gasteiger partial charge in [0, 0.05) is 5.69 Å². The topological polar surface area (TPSA) is 74.8 Å². The molecule has 1 unspecified atom stereocenters. The Morgan fingerprint density at radius 3 is 2.80 bits per heavy atom. The van der Waals surface area contributed by atoms with Gasteiger partial charge in [-0.3, -0.25) is 9.59 Å². The van der Waals surface area contributed by atoms with Crippen LogP contribution in [0.1, 0.15) is 18.9 Å². The molecular formula is C19H19N3O2S. The van der Waals surface area contributed by atoms with E-state index in [2.05, 4.69) is 15.3 Å². The van der Waals surface area contributed by atoms with Gasteiger partial charge in [-0.05, 0) is 43.2 Å². The Morgan fingerprint density at radius 2 is 2.04 bits per heavy atom. The minimum atomic E-state index is -0.343. The zero-order chi connectivity index (χ0) is 17.8. The third-order valence-corrected chi connectivity index (χ3v) is 5.04. The van der Waals surface area contributed by atoms with Crippen LogP contribution in [0, 0.1) is 6.92 Å². The summed E-state index contributed by atoms with van der Waals surface area (Å²) in [5, 5.41) is 3.58. The van der Waals surface area contributed by atoms with Gasteiger partial charge >= 0.3 is 0 Å². The maximum absolute atomic E-state index is 12.6. The summed E-state index contributed by atoms with van der Waals surface area (Å²) in [5.74, 6) is -0.103. The lowest BCUT2D eigenvalue weighted by Crippen LogP contribution is -2.25. The van der Waals surface area contributed by atoms with Crippen LogP contribution < -0.4 is 10.9 Å². The number of benzene rings is 2. The number of anilines is 1. The molecule has 0 aliphatic carbocycles. The van der Waals surface area contributed by atoms with Crippen LogP contribution in [0.4, 0.5) is 5.69 Å². The Morgan fingerprint density at radius 1 is 1.24 bits per heavy atom. The van der Waals surface area contributed by atoms with Crippen molar-refractivity contribution in [3.63, 3.8) is 0 Å². The number of H-pyrrole nitrogens is 1. The summed E-state index contributed by atoms with van der Waals surface area (Å²) in [6.07, 6.45) is 0.624. The number of fused-ring (bicyclic) bond motifs is 1. The van der Waals surface area contributed by atoms with Crippen LogP contribution in [0.5, 0.6) is 0 Å². The number of para-hydroxylation sites is 1. The number of nitrogens with one attached hydrogen (secondary N) is 2. The number of hydrogen-bond acceptors (Lipinski definition) is 4. The molecule has 1 heterocycles. The number of aromatic nitrogens is 2. The zero-order valence-electron chi connectivity index (χ0n) is 14.1. The van der Waals surface area contributed by atoms with Crippen molar-refractivity contribution in [2.24, 2.45) is 0 Å². The molecule has 128 valence electrons. The molecule has 0 bridgehead atoms. The van der Waals surface area contributed by atoms with Crippen molar-refractivity contribution < 1.29 is 4.79 Å². The SMILES string of the molecule is CCC(Sc1nc2ccccc2c(=O)[nH]1)C(=O)Nc1cccc(C)c1. The van der Waals surface area contributed by atoms with E-state index in [4.69, 9.17) is 0 Å². The van der Waals surface area contributed by atoms with Crippen LogP contribution in [-0.4, -0.2) is 21.1 Å². The Balaban J connectivity index is 1.80. The molecule has 2 N–H and O–H groups in total. The molecule has 3 rings (SSSR count). The Kier molecular flexibility index (Phi) is 5.19. The number of hydrogen-bond donors (Lipinski definition) is 2. The van der Waals surface area contributed by atoms with Gasteiger partial charge in [0.25, 0.3) is 5.56 Å². The van der Waals surface area contributed by atoms with Crippen LogP contribution in [0.2, 0.25) is 0 Å². The molecule has 25 heavy (non-hydrogen) atoms. The summed E-state index contributed by atoms with van der Waals surface area (Å²) in [5.41, 5.74) is 2.28. The van der Waals surface area contributed by atoms with Crippen LogP contribution in [0.3, 0.4) is 0 Å². The fourth-order valence-electron chi connectivity index (χ4n) is 2.52. The van der Waals surface area contributed by atoms with Crippen LogP contribution in [0.15, 0.2) is 58.5 Å². The van der Waals surface area contributed by atoms with Crippen molar-refractivity contribution in [1.82, 2.24) is 9.97 Å². The Bertz CT molecular complexity index is 968. The molecule has 6 heteroatoms. The van der Waals surface area contributed by atoms with Crippen molar-refractivity contribution in [3.8, 4) is 0 Å². The number of carbonyl (C=O) groups is 1. The molecule has 0 spiro atoms. The van der Waals surface area contributed by atoms with Gasteiger partial charge < -0.3 is 10.3 Å². The molecule has 3 aromatic rings. The quantitative estimate of drug-likeness (QED) is 0.541. The molecule has 2 aromatic carbocycles. The minimum absolute atomic E-state index is 0.103. The van der Waals surface area contributed by atoms with Crippen molar-refractivity contribution in [2.75, 3.05) is 5.32 Å². The first-order valence-electron chi connectivity index (χ1n) is 8.10. The van der Waals surface area contributed by atoms with Crippen molar-refractivity contribution >= 4 is 34.3 Å². The highest BCUT2D eigenvalue weighted by atomic mass is 32.2. The predicted octanol–water partition coefficient (Wildman–Crippen LogP) is 3.74. The number of aromatic amines is 1. The lowest BCUT2D eigenvalue weighted by atomic mass is 10.2. The lowest BCUT2D eigenvalue weighted by Gasteiger charge is -2.14. The van der Waals surface area contributed by atoms with Crippen molar-refractivity contribution in [2.45, 2.75) is 30.7 Å². The molecular weight excluding hydrogens is 334 g/mol. The van der Waals surface area contributed by atoms with E-state index in [1.165, 1.54) is 11.8 Å². The van der Waals surface area contributed by atoms with E-state index in [-0.39, 0.29) is 16.7 Å². The standard InChI is InChI=1S/C19H19N3O2S/c1-3-16(18(24)20-13-8-6-7-12(2)11-13)25-19-21-15-10-5-4-9-14(15)17(23)22-19/h4-11,16H,3H2,1-2H3,(H,20,24)(H,21,22,23). The fourth-order valence-corrected chi connectivity index (χ4v) is 3.43. The number of aryl methyl sites for hydroxylation is 1. The third kappa shape index (κ3) is 4.09. The Hall–Kier alpha value is -2.60. The molecule has 0 saturated carbocycles. The predicted molar refractivity (Wildman–Crippen MR) is 102 cm³/mol. The van der Waals surface area contributed by atoms with E-state index in [9.17, 15) is 9.59 Å². The van der Waals surface area contributed by atoms with E-state index in [1.54, 1.807) is 18.2 Å². The lowest BCUT2D eigenvalue weighted by molar-refractivity contribution is -0.115. The molecule has 0 saturated heterocycles. The second-order valence-electron chi connectivity index (χ2n) is 5.76. The monoisotopic (exact) mass is 353 g/mol. The number of amides is 1. The van der Waals surface area contributed by atoms with E-state index < -0.39 is 0 Å². The first-order chi connectivity index (χ1) is 12.1. The van der Waals surface area contributed by atoms with E-state index >= 15 is 0 Å². The highest BCUT2D eigenvalue weighted by Crippen LogP contribution is 2.24. The second kappa shape index (κ2) is 7.53. The summed E-state index contributed by atoms with van der Waals surface area (Å²) in [4.78, 5) is 31.9. The molecule has 0 radical (unpaired) electrons. The zero-order valence-corrected chi connectivity index (χ0v) is 14.9. The summed E-state index contributed by atoms with van der Waals surface area (Å²) >= 11 is 1.27. The van der Waals surface area contributed by atoms with E-state index in [0.717, 1.165) is 11.3 Å². The van der Waals surface area contributed by atoms with Gasteiger partial charge in [0.15, 0.2) is 5.16 Å². The van der Waals surface area contributed by atoms with Gasteiger partial charge in [0.05, 0.1) is 16.2 Å². The number of nitrogens with zero attached hydrogens (tertiary/aromatic N) is 1. The maximum atomic E-state index is 12.6. The summed E-state index contributed by atoms with van der Waals surface area (Å²) in [6, 6.07) is 14.8. The number of thioether (sulfide) groups is 1. The van der Waals surface area contributed by atoms with Crippen LogP contribution in [0.25, 0.3) is 10.9 Å². The molecule has 1 amide bonds. The molecule has 1 aromatic heterocycles. The second-order valence-corrected chi connectivity index (χ2v) is 6.95. The number of carbonyl (C=O) groups excluding carboxylic acids is 1.